The van der Waals surface area contributed by atoms with E-state index in [1.807, 2.05) is 26.4 Å². The Kier molecular flexibility index (Phi) is 11.7. The van der Waals surface area contributed by atoms with Crippen molar-refractivity contribution in [3.63, 3.8) is 0 Å². The monoisotopic (exact) mass is 510 g/mol. The van der Waals surface area contributed by atoms with Crippen molar-refractivity contribution < 1.29 is 0 Å². The number of halogens is 2. The van der Waals surface area contributed by atoms with Gasteiger partial charge in [-0.15, -0.1) is 24.0 Å². The average molecular weight is 511 g/mol. The highest BCUT2D eigenvalue weighted by Gasteiger charge is 2.14. The molecule has 6 nitrogen and oxygen atoms in total. The molecular formula is C19H36ClIN6. The molecule has 1 aliphatic heterocycles. The van der Waals surface area contributed by atoms with Gasteiger partial charge < -0.3 is 24.6 Å². The van der Waals surface area contributed by atoms with E-state index >= 15 is 0 Å². The first-order chi connectivity index (χ1) is 12.5. The highest BCUT2D eigenvalue weighted by atomic mass is 127. The van der Waals surface area contributed by atoms with E-state index in [9.17, 15) is 0 Å². The highest BCUT2D eigenvalue weighted by molar-refractivity contribution is 14.0. The predicted octanol–water partition coefficient (Wildman–Crippen LogP) is 2.72. The molecule has 1 N–H and O–H groups in total. The summed E-state index contributed by atoms with van der Waals surface area (Å²) < 4.78 is 2.06. The number of aryl methyl sites for hydroxylation is 1. The van der Waals surface area contributed by atoms with Gasteiger partial charge in [0.1, 0.15) is 0 Å². The second kappa shape index (κ2) is 12.9. The number of nitrogens with zero attached hydrogens (tertiary/aromatic N) is 5. The topological polar surface area (TPSA) is 39.0 Å². The molecular weight excluding hydrogens is 475 g/mol. The molecule has 0 aliphatic carbocycles. The molecule has 1 saturated heterocycles. The molecule has 0 spiro atoms. The molecule has 1 aromatic rings. The van der Waals surface area contributed by atoms with Gasteiger partial charge in [0.2, 0.25) is 0 Å². The number of guanidine groups is 1. The van der Waals surface area contributed by atoms with Crippen LogP contribution in [-0.2, 0) is 13.6 Å². The van der Waals surface area contributed by atoms with Crippen LogP contribution in [0.2, 0.25) is 5.02 Å². The van der Waals surface area contributed by atoms with Gasteiger partial charge in [-0.3, -0.25) is 4.99 Å². The van der Waals surface area contributed by atoms with E-state index in [1.165, 1.54) is 51.4 Å². The summed E-state index contributed by atoms with van der Waals surface area (Å²) in [7, 11) is 5.92. The molecule has 2 heterocycles. The van der Waals surface area contributed by atoms with Gasteiger partial charge in [-0.05, 0) is 32.0 Å². The molecule has 0 atom stereocenters. The standard InChI is InChI=1S/C19H35ClN6.HI/c1-5-25-10-12-26(13-11-25)9-7-6-8-22-19(21-2)24(4)16-18-14-17(20)15-23(18)3;/h14-15H,5-13,16H2,1-4H3,(H,21,22);1H. The van der Waals surface area contributed by atoms with E-state index in [-0.39, 0.29) is 24.0 Å². The van der Waals surface area contributed by atoms with Crippen LogP contribution in [0.5, 0.6) is 0 Å². The quantitative estimate of drug-likeness (QED) is 0.253. The molecule has 8 heteroatoms. The minimum absolute atomic E-state index is 0. The zero-order valence-electron chi connectivity index (χ0n) is 17.2. The Balaban J connectivity index is 0.00000364. The van der Waals surface area contributed by atoms with Crippen molar-refractivity contribution in [1.29, 1.82) is 0 Å². The Morgan fingerprint density at radius 2 is 1.89 bits per heavy atom. The normalized spacial score (nSPS) is 16.3. The second-order valence-corrected chi connectivity index (χ2v) is 7.51. The molecule has 0 unspecified atom stereocenters. The third kappa shape index (κ3) is 8.17. The smallest absolute Gasteiger partial charge is 0.193 e. The molecule has 0 aromatic carbocycles. The molecule has 0 saturated carbocycles. The number of piperazine rings is 1. The first-order valence-electron chi connectivity index (χ1n) is 9.70. The number of hydrogen-bond donors (Lipinski definition) is 1. The fourth-order valence-corrected chi connectivity index (χ4v) is 3.69. The van der Waals surface area contributed by atoms with E-state index in [1.54, 1.807) is 0 Å². The fourth-order valence-electron chi connectivity index (χ4n) is 3.42. The summed E-state index contributed by atoms with van der Waals surface area (Å²) in [6, 6.07) is 2.00. The maximum Gasteiger partial charge on any atom is 0.193 e. The highest BCUT2D eigenvalue weighted by Crippen LogP contribution is 2.14. The van der Waals surface area contributed by atoms with Gasteiger partial charge in [-0.1, -0.05) is 18.5 Å². The number of hydrogen-bond acceptors (Lipinski definition) is 3. The largest absolute Gasteiger partial charge is 0.356 e. The maximum absolute atomic E-state index is 6.07. The number of likely N-dealkylation sites (N-methyl/N-ethyl adjacent to an activating group) is 1. The van der Waals surface area contributed by atoms with Gasteiger partial charge in [-0.25, -0.2) is 0 Å². The summed E-state index contributed by atoms with van der Waals surface area (Å²) in [6.45, 7) is 11.2. The predicted molar refractivity (Wildman–Crippen MR) is 126 cm³/mol. The van der Waals surface area contributed by atoms with Crippen LogP contribution in [0.1, 0.15) is 25.5 Å². The van der Waals surface area contributed by atoms with Crippen molar-refractivity contribution >= 4 is 41.5 Å². The van der Waals surface area contributed by atoms with Crippen LogP contribution in [0.15, 0.2) is 17.3 Å². The summed E-state index contributed by atoms with van der Waals surface area (Å²) in [5.74, 6) is 0.930. The number of nitrogens with one attached hydrogen (secondary N) is 1. The Morgan fingerprint density at radius 3 is 2.44 bits per heavy atom. The molecule has 1 aliphatic rings. The van der Waals surface area contributed by atoms with Crippen molar-refractivity contribution in [3.05, 3.63) is 23.0 Å². The first-order valence-corrected chi connectivity index (χ1v) is 10.1. The Morgan fingerprint density at radius 1 is 1.22 bits per heavy atom. The van der Waals surface area contributed by atoms with Crippen LogP contribution in [0.25, 0.3) is 0 Å². The molecule has 1 fully saturated rings. The number of aromatic nitrogens is 1. The summed E-state index contributed by atoms with van der Waals surface area (Å²) in [5.41, 5.74) is 1.17. The first kappa shape index (κ1) is 24.5. The van der Waals surface area contributed by atoms with Gasteiger partial charge in [-0.2, -0.15) is 0 Å². The molecule has 0 amide bonds. The van der Waals surface area contributed by atoms with Gasteiger partial charge >= 0.3 is 0 Å². The second-order valence-electron chi connectivity index (χ2n) is 7.07. The fraction of sp³-hybridized carbons (Fsp3) is 0.737. The Labute approximate surface area is 186 Å². The lowest BCUT2D eigenvalue weighted by atomic mass is 10.2. The zero-order valence-corrected chi connectivity index (χ0v) is 20.3. The Hall–Kier alpha value is -0.510. The minimum atomic E-state index is 0. The average Bonchev–Trinajstić information content (AvgIpc) is 2.95. The molecule has 0 radical (unpaired) electrons. The summed E-state index contributed by atoms with van der Waals surface area (Å²) >= 11 is 6.07. The van der Waals surface area contributed by atoms with E-state index in [2.05, 4.69) is 43.5 Å². The van der Waals surface area contributed by atoms with E-state index in [0.717, 1.165) is 30.5 Å². The van der Waals surface area contributed by atoms with Crippen LogP contribution in [0, 0.1) is 0 Å². The van der Waals surface area contributed by atoms with Crippen LogP contribution in [0.4, 0.5) is 0 Å². The Bertz CT molecular complexity index is 569. The third-order valence-electron chi connectivity index (χ3n) is 5.14. The molecule has 2 rings (SSSR count). The third-order valence-corrected chi connectivity index (χ3v) is 5.35. The lowest BCUT2D eigenvalue weighted by Gasteiger charge is -2.34. The maximum atomic E-state index is 6.07. The van der Waals surface area contributed by atoms with E-state index in [4.69, 9.17) is 11.6 Å². The van der Waals surface area contributed by atoms with Crippen molar-refractivity contribution in [2.24, 2.45) is 12.0 Å². The van der Waals surface area contributed by atoms with Crippen LogP contribution >= 0.6 is 35.6 Å². The van der Waals surface area contributed by atoms with Crippen molar-refractivity contribution in [1.82, 2.24) is 24.6 Å². The summed E-state index contributed by atoms with van der Waals surface area (Å²) in [4.78, 5) is 11.6. The summed E-state index contributed by atoms with van der Waals surface area (Å²) in [5, 5.41) is 4.25. The van der Waals surface area contributed by atoms with E-state index in [0.29, 0.717) is 0 Å². The SMILES string of the molecule is CCN1CCN(CCCCNC(=NC)N(C)Cc2cc(Cl)cn2C)CC1.I. The lowest BCUT2D eigenvalue weighted by Crippen LogP contribution is -2.46. The minimum Gasteiger partial charge on any atom is -0.356 e. The van der Waals surface area contributed by atoms with Crippen LogP contribution in [0.3, 0.4) is 0 Å². The van der Waals surface area contributed by atoms with Gasteiger partial charge in [0, 0.05) is 65.8 Å². The molecule has 0 bridgehead atoms. The van der Waals surface area contributed by atoms with Gasteiger partial charge in [0.05, 0.1) is 11.6 Å². The zero-order chi connectivity index (χ0) is 18.9. The van der Waals surface area contributed by atoms with Crippen molar-refractivity contribution in [2.45, 2.75) is 26.3 Å². The summed E-state index contributed by atoms with van der Waals surface area (Å²) in [6.07, 6.45) is 4.32. The molecule has 156 valence electrons. The van der Waals surface area contributed by atoms with Crippen LogP contribution in [-0.4, -0.2) is 85.1 Å². The number of rotatable bonds is 8. The van der Waals surface area contributed by atoms with Gasteiger partial charge in [0.15, 0.2) is 5.96 Å². The van der Waals surface area contributed by atoms with Crippen molar-refractivity contribution in [2.75, 3.05) is 59.9 Å². The van der Waals surface area contributed by atoms with Crippen LogP contribution < -0.4 is 5.32 Å². The van der Waals surface area contributed by atoms with Crippen molar-refractivity contribution in [3.8, 4) is 0 Å². The molecule has 1 aromatic heterocycles. The molecule has 27 heavy (non-hydrogen) atoms. The number of unbranched alkanes of at least 4 members (excludes halogenated alkanes) is 1. The lowest BCUT2D eigenvalue weighted by molar-refractivity contribution is 0.136. The van der Waals surface area contributed by atoms with E-state index < -0.39 is 0 Å². The van der Waals surface area contributed by atoms with Gasteiger partial charge in [0.25, 0.3) is 0 Å². The number of aliphatic imine (C=N–C) groups is 1.